The number of hydrogen-bond acceptors (Lipinski definition) is 4. The van der Waals surface area contributed by atoms with Crippen LogP contribution in [0.2, 0.25) is 0 Å². The van der Waals surface area contributed by atoms with Crippen molar-refractivity contribution in [1.29, 1.82) is 0 Å². The van der Waals surface area contributed by atoms with E-state index >= 15 is 0 Å². The number of rotatable bonds is 16. The molecule has 1 rings (SSSR count). The molecule has 0 aromatic heterocycles. The third kappa shape index (κ3) is 11.3. The van der Waals surface area contributed by atoms with E-state index < -0.39 is 0 Å². The Bertz CT molecular complexity index is 639. The Morgan fingerprint density at radius 3 is 2.20 bits per heavy atom. The number of benzene rings is 1. The standard InChI is InChI=1S/C23H39N3O2S2/c1-4-7-9-11-15-19-24-23(29-6-3)25(20-16-12-10-8-5-2)30-22-18-14-13-17-21(22)26(27)28/h13-14,17-18H,4-12,15-16,19-20H2,1-3H3/p+1. The highest BCUT2D eigenvalue weighted by Crippen LogP contribution is 2.30. The summed E-state index contributed by atoms with van der Waals surface area (Å²) in [6, 6.07) is 7.06. The molecule has 0 atom stereocenters. The third-order valence-electron chi connectivity index (χ3n) is 4.80. The minimum absolute atomic E-state index is 0.180. The molecular weight excluding hydrogens is 414 g/mol. The summed E-state index contributed by atoms with van der Waals surface area (Å²) in [4.78, 5) is 11.9. The molecule has 7 heteroatoms. The van der Waals surface area contributed by atoms with Gasteiger partial charge in [0.15, 0.2) is 0 Å². The lowest BCUT2D eigenvalue weighted by Crippen LogP contribution is -2.30. The van der Waals surface area contributed by atoms with Crippen molar-refractivity contribution < 1.29 is 8.90 Å². The van der Waals surface area contributed by atoms with Crippen molar-refractivity contribution in [3.8, 4) is 0 Å². The molecule has 0 bridgehead atoms. The van der Waals surface area contributed by atoms with Crippen molar-refractivity contribution in [3.05, 3.63) is 34.4 Å². The fourth-order valence-electron chi connectivity index (χ4n) is 3.12. The average Bonchev–Trinajstić information content (AvgIpc) is 2.74. The van der Waals surface area contributed by atoms with Crippen LogP contribution in [0.25, 0.3) is 0 Å². The Labute approximate surface area is 191 Å². The van der Waals surface area contributed by atoms with Gasteiger partial charge in [-0.3, -0.25) is 15.4 Å². The third-order valence-corrected chi connectivity index (χ3v) is 6.97. The molecule has 0 saturated heterocycles. The van der Waals surface area contributed by atoms with Gasteiger partial charge in [0.25, 0.3) is 5.69 Å². The number of unbranched alkanes of at least 4 members (excludes halogenated alkanes) is 8. The van der Waals surface area contributed by atoms with Crippen molar-refractivity contribution in [2.45, 2.75) is 89.9 Å². The summed E-state index contributed by atoms with van der Waals surface area (Å²) in [5.74, 6) is 0.974. The Hall–Kier alpha value is -1.21. The van der Waals surface area contributed by atoms with Crippen LogP contribution in [0.5, 0.6) is 0 Å². The fourth-order valence-corrected chi connectivity index (χ4v) is 5.09. The number of thioether (sulfide) groups is 1. The van der Waals surface area contributed by atoms with Crippen molar-refractivity contribution in [2.24, 2.45) is 0 Å². The second-order valence-corrected chi connectivity index (χ2v) is 9.73. The highest BCUT2D eigenvalue weighted by Gasteiger charge is 2.21. The number of para-hydroxylation sites is 1. The molecule has 0 heterocycles. The van der Waals surface area contributed by atoms with Crippen molar-refractivity contribution in [2.75, 3.05) is 18.8 Å². The summed E-state index contributed by atoms with van der Waals surface area (Å²) in [6.45, 7) is 8.47. The molecule has 0 saturated carbocycles. The molecule has 0 spiro atoms. The minimum atomic E-state index is -0.282. The van der Waals surface area contributed by atoms with E-state index in [4.69, 9.17) is 0 Å². The van der Waals surface area contributed by atoms with Crippen LogP contribution in [0.15, 0.2) is 29.2 Å². The van der Waals surface area contributed by atoms with Gasteiger partial charge in [-0.25, -0.2) is 0 Å². The van der Waals surface area contributed by atoms with Gasteiger partial charge in [-0.1, -0.05) is 71.4 Å². The molecule has 0 aliphatic carbocycles. The first kappa shape index (κ1) is 26.8. The van der Waals surface area contributed by atoms with Gasteiger partial charge in [0, 0.05) is 11.8 Å². The van der Waals surface area contributed by atoms with Gasteiger partial charge in [0.1, 0.15) is 16.8 Å². The molecule has 5 nitrogen and oxygen atoms in total. The smallest absolute Gasteiger partial charge is 0.268 e. The van der Waals surface area contributed by atoms with E-state index in [9.17, 15) is 10.1 Å². The predicted octanol–water partition coefficient (Wildman–Crippen LogP) is 7.25. The number of nitrogens with one attached hydrogen (secondary N) is 1. The summed E-state index contributed by atoms with van der Waals surface area (Å²) in [6.07, 6.45) is 12.3. The maximum Gasteiger partial charge on any atom is 0.318 e. The van der Waals surface area contributed by atoms with E-state index in [-0.39, 0.29) is 10.6 Å². The first-order valence-corrected chi connectivity index (χ1v) is 13.3. The molecule has 0 radical (unpaired) electrons. The quantitative estimate of drug-likeness (QED) is 0.0542. The van der Waals surface area contributed by atoms with Gasteiger partial charge >= 0.3 is 5.17 Å². The maximum absolute atomic E-state index is 11.5. The second-order valence-electron chi connectivity index (χ2n) is 7.41. The zero-order chi connectivity index (χ0) is 22.0. The highest BCUT2D eigenvalue weighted by molar-refractivity contribution is 8.14. The lowest BCUT2D eigenvalue weighted by atomic mass is 10.1. The van der Waals surface area contributed by atoms with Crippen LogP contribution in [0.4, 0.5) is 5.69 Å². The van der Waals surface area contributed by atoms with Gasteiger partial charge < -0.3 is 0 Å². The van der Waals surface area contributed by atoms with Crippen LogP contribution in [0.1, 0.15) is 85.0 Å². The lowest BCUT2D eigenvalue weighted by molar-refractivity contribution is -0.389. The highest BCUT2D eigenvalue weighted by atomic mass is 32.2. The minimum Gasteiger partial charge on any atom is -0.268 e. The van der Waals surface area contributed by atoms with Gasteiger partial charge in [0.05, 0.1) is 18.0 Å². The van der Waals surface area contributed by atoms with Gasteiger partial charge in [-0.2, -0.15) is 3.98 Å². The Balaban J connectivity index is 2.91. The zero-order valence-corrected chi connectivity index (χ0v) is 20.7. The molecule has 0 amide bonds. The summed E-state index contributed by atoms with van der Waals surface area (Å²) < 4.78 is 2.24. The van der Waals surface area contributed by atoms with Crippen molar-refractivity contribution in [3.63, 3.8) is 0 Å². The van der Waals surface area contributed by atoms with Crippen molar-refractivity contribution >= 4 is 34.6 Å². The Morgan fingerprint density at radius 1 is 0.933 bits per heavy atom. The van der Waals surface area contributed by atoms with Gasteiger partial charge in [-0.15, -0.1) is 0 Å². The molecule has 0 fully saturated rings. The van der Waals surface area contributed by atoms with Crippen LogP contribution in [-0.4, -0.2) is 32.9 Å². The monoisotopic (exact) mass is 454 g/mol. The number of nitro benzene ring substituents is 1. The second kappa shape index (κ2) is 17.5. The number of nitro groups is 1. The Morgan fingerprint density at radius 2 is 1.57 bits per heavy atom. The van der Waals surface area contributed by atoms with E-state index in [0.29, 0.717) is 4.90 Å². The summed E-state index contributed by atoms with van der Waals surface area (Å²) in [5, 5.41) is 16.2. The normalized spacial score (nSPS) is 12.0. The molecule has 1 N–H and O–H groups in total. The molecule has 0 aliphatic heterocycles. The van der Waals surface area contributed by atoms with Crippen LogP contribution >= 0.6 is 23.7 Å². The van der Waals surface area contributed by atoms with Gasteiger partial charge in [0.2, 0.25) is 0 Å². The van der Waals surface area contributed by atoms with Crippen molar-refractivity contribution in [1.82, 2.24) is 5.32 Å². The van der Waals surface area contributed by atoms with Crippen LogP contribution in [0.3, 0.4) is 0 Å². The summed E-state index contributed by atoms with van der Waals surface area (Å²) in [5.41, 5.74) is 0.180. The van der Waals surface area contributed by atoms with Gasteiger partial charge in [-0.05, 0) is 43.5 Å². The molecule has 1 aromatic rings. The zero-order valence-electron chi connectivity index (χ0n) is 19.0. The molecule has 30 heavy (non-hydrogen) atoms. The summed E-state index contributed by atoms with van der Waals surface area (Å²) >= 11 is 3.29. The number of amidine groups is 1. The van der Waals surface area contributed by atoms with E-state index in [2.05, 4.69) is 30.1 Å². The lowest BCUT2D eigenvalue weighted by Gasteiger charge is -2.12. The molecule has 170 valence electrons. The van der Waals surface area contributed by atoms with Crippen LogP contribution < -0.4 is 5.32 Å². The summed E-state index contributed by atoms with van der Waals surface area (Å²) in [7, 11) is 0. The molecule has 0 aliphatic rings. The molecule has 0 unspecified atom stereocenters. The first-order valence-electron chi connectivity index (χ1n) is 11.6. The van der Waals surface area contributed by atoms with E-state index in [1.54, 1.807) is 23.9 Å². The number of nitrogens with zero attached hydrogens (tertiary/aromatic N) is 2. The van der Waals surface area contributed by atoms with E-state index in [0.717, 1.165) is 36.9 Å². The van der Waals surface area contributed by atoms with E-state index in [1.807, 2.05) is 12.1 Å². The first-order chi connectivity index (χ1) is 14.6. The Kier molecular flexibility index (Phi) is 15.6. The van der Waals surface area contributed by atoms with Crippen LogP contribution in [0, 0.1) is 10.1 Å². The molecule has 1 aromatic carbocycles. The predicted molar refractivity (Wildman–Crippen MR) is 133 cm³/mol. The van der Waals surface area contributed by atoms with Crippen LogP contribution in [-0.2, 0) is 0 Å². The topological polar surface area (TPSA) is 58.2 Å². The average molecular weight is 455 g/mol. The maximum atomic E-state index is 11.5. The van der Waals surface area contributed by atoms with E-state index in [1.165, 1.54) is 63.3 Å². The SMILES string of the molecule is CCCCCCCNC(SCC)=[N+](CCCCCCC)Sc1ccccc1[N+](=O)[O-]. The fraction of sp³-hybridized carbons (Fsp3) is 0.696. The largest absolute Gasteiger partial charge is 0.318 e. The molecular formula is C23H40N3O2S2+. The number of hydrogen-bond donors (Lipinski definition) is 1.